The van der Waals surface area contributed by atoms with Crippen molar-refractivity contribution in [3.8, 4) is 0 Å². The number of carbonyl (C=O) groups is 1. The van der Waals surface area contributed by atoms with Crippen molar-refractivity contribution in [2.24, 2.45) is 4.99 Å². The Bertz CT molecular complexity index is 651. The lowest BCUT2D eigenvalue weighted by atomic mass is 10.1. The molecule has 1 N–H and O–H groups in total. The number of nitrogens with zero attached hydrogens (tertiary/aromatic N) is 3. The van der Waals surface area contributed by atoms with Gasteiger partial charge in [-0.15, -0.1) is 24.0 Å². The molecule has 1 aromatic carbocycles. The summed E-state index contributed by atoms with van der Waals surface area (Å²) in [5.41, 5.74) is 1.28. The molecule has 29 heavy (non-hydrogen) atoms. The first-order chi connectivity index (χ1) is 13.6. The van der Waals surface area contributed by atoms with Crippen molar-refractivity contribution in [3.63, 3.8) is 0 Å². The van der Waals surface area contributed by atoms with Crippen LogP contribution in [0.2, 0.25) is 0 Å². The fraction of sp³-hybridized carbons (Fsp3) is 0.619. The summed E-state index contributed by atoms with van der Waals surface area (Å²) in [6, 6.07) is 10.4. The number of amides is 1. The topological polar surface area (TPSA) is 66.4 Å². The zero-order valence-electron chi connectivity index (χ0n) is 17.4. The number of guanidine groups is 1. The summed E-state index contributed by atoms with van der Waals surface area (Å²) in [7, 11) is 3.51. The van der Waals surface area contributed by atoms with Crippen molar-refractivity contribution in [1.82, 2.24) is 15.1 Å². The number of benzene rings is 1. The number of hydrogen-bond acceptors (Lipinski definition) is 4. The third-order valence-electron chi connectivity index (χ3n) is 5.18. The minimum atomic E-state index is -0.00806. The maximum absolute atomic E-state index is 12.0. The van der Waals surface area contributed by atoms with Gasteiger partial charge in [-0.2, -0.15) is 0 Å². The first-order valence-corrected chi connectivity index (χ1v) is 10.1. The Morgan fingerprint density at radius 3 is 2.66 bits per heavy atom. The molecule has 0 aromatic heterocycles. The first kappa shape index (κ1) is 23.9. The molecule has 2 saturated heterocycles. The standard InChI is InChI=1S/C21H32N4O3.HI/c1-24(2)20(26)15-23-21(22-11-10-17-7-4-3-5-8-17)25-12-14-28-19(16-25)18-9-6-13-27-18;/h3-5,7-8,18-19H,6,9-16H2,1-2H3,(H,22,23);1H. The molecule has 2 aliphatic heterocycles. The van der Waals surface area contributed by atoms with E-state index in [-0.39, 0.29) is 48.6 Å². The molecule has 0 bridgehead atoms. The van der Waals surface area contributed by atoms with Gasteiger partial charge in [-0.1, -0.05) is 30.3 Å². The quantitative estimate of drug-likeness (QED) is 0.355. The maximum Gasteiger partial charge on any atom is 0.243 e. The van der Waals surface area contributed by atoms with Crippen LogP contribution in [0.15, 0.2) is 35.3 Å². The second-order valence-corrected chi connectivity index (χ2v) is 7.50. The Hall–Kier alpha value is -1.39. The van der Waals surface area contributed by atoms with Crippen LogP contribution < -0.4 is 5.32 Å². The summed E-state index contributed by atoms with van der Waals surface area (Å²) in [5, 5.41) is 3.45. The number of hydrogen-bond donors (Lipinski definition) is 1. The largest absolute Gasteiger partial charge is 0.375 e. The van der Waals surface area contributed by atoms with Crippen LogP contribution in [0.4, 0.5) is 0 Å². The second-order valence-electron chi connectivity index (χ2n) is 7.50. The average molecular weight is 516 g/mol. The van der Waals surface area contributed by atoms with Crippen molar-refractivity contribution < 1.29 is 14.3 Å². The van der Waals surface area contributed by atoms with E-state index in [1.165, 1.54) is 5.56 Å². The molecule has 2 heterocycles. The zero-order valence-corrected chi connectivity index (χ0v) is 19.7. The van der Waals surface area contributed by atoms with Gasteiger partial charge in [0.25, 0.3) is 0 Å². The zero-order chi connectivity index (χ0) is 19.8. The molecule has 1 amide bonds. The Balaban J connectivity index is 0.00000300. The van der Waals surface area contributed by atoms with Gasteiger partial charge in [-0.05, 0) is 24.8 Å². The van der Waals surface area contributed by atoms with E-state index in [0.29, 0.717) is 6.61 Å². The Kier molecular flexibility index (Phi) is 10.2. The van der Waals surface area contributed by atoms with Gasteiger partial charge < -0.3 is 24.6 Å². The summed E-state index contributed by atoms with van der Waals surface area (Å²) >= 11 is 0. The SMILES string of the molecule is CN(C)C(=O)CN=C(NCCc1ccccc1)N1CCOC(C2CCCO2)C1.I. The molecule has 162 valence electrons. The smallest absolute Gasteiger partial charge is 0.243 e. The molecular weight excluding hydrogens is 483 g/mol. The van der Waals surface area contributed by atoms with Gasteiger partial charge in [-0.3, -0.25) is 4.79 Å². The van der Waals surface area contributed by atoms with Crippen LogP contribution in [0, 0.1) is 0 Å². The van der Waals surface area contributed by atoms with E-state index in [1.807, 2.05) is 18.2 Å². The summed E-state index contributed by atoms with van der Waals surface area (Å²) in [4.78, 5) is 20.4. The molecule has 0 saturated carbocycles. The monoisotopic (exact) mass is 516 g/mol. The van der Waals surface area contributed by atoms with Gasteiger partial charge >= 0.3 is 0 Å². The highest BCUT2D eigenvalue weighted by Gasteiger charge is 2.32. The lowest BCUT2D eigenvalue weighted by Crippen LogP contribution is -2.53. The normalized spacial score (nSPS) is 22.1. The summed E-state index contributed by atoms with van der Waals surface area (Å²) in [5.74, 6) is 0.767. The number of rotatable bonds is 6. The van der Waals surface area contributed by atoms with Gasteiger partial charge in [0.2, 0.25) is 5.91 Å². The summed E-state index contributed by atoms with van der Waals surface area (Å²) in [6.45, 7) is 3.86. The second kappa shape index (κ2) is 12.3. The van der Waals surface area contributed by atoms with Crippen LogP contribution in [-0.4, -0.2) is 87.4 Å². The molecule has 3 rings (SSSR count). The Labute approximate surface area is 190 Å². The van der Waals surface area contributed by atoms with Crippen molar-refractivity contribution >= 4 is 35.8 Å². The van der Waals surface area contributed by atoms with E-state index in [1.54, 1.807) is 19.0 Å². The molecule has 1 aromatic rings. The minimum absolute atomic E-state index is 0. The maximum atomic E-state index is 12.0. The Morgan fingerprint density at radius 1 is 1.21 bits per heavy atom. The van der Waals surface area contributed by atoms with E-state index < -0.39 is 0 Å². The molecule has 0 spiro atoms. The molecule has 2 fully saturated rings. The highest BCUT2D eigenvalue weighted by molar-refractivity contribution is 14.0. The van der Waals surface area contributed by atoms with Gasteiger partial charge in [0.1, 0.15) is 12.6 Å². The van der Waals surface area contributed by atoms with Gasteiger partial charge in [-0.25, -0.2) is 4.99 Å². The lowest BCUT2D eigenvalue weighted by molar-refractivity contribution is -0.127. The molecule has 2 atom stereocenters. The van der Waals surface area contributed by atoms with E-state index in [4.69, 9.17) is 9.47 Å². The molecule has 0 radical (unpaired) electrons. The van der Waals surface area contributed by atoms with Crippen LogP contribution in [0.3, 0.4) is 0 Å². The number of morpholine rings is 1. The van der Waals surface area contributed by atoms with Gasteiger partial charge in [0.05, 0.1) is 12.7 Å². The van der Waals surface area contributed by atoms with Crippen LogP contribution in [-0.2, 0) is 20.7 Å². The van der Waals surface area contributed by atoms with E-state index in [9.17, 15) is 4.79 Å². The van der Waals surface area contributed by atoms with E-state index in [0.717, 1.165) is 51.5 Å². The van der Waals surface area contributed by atoms with Crippen molar-refractivity contribution in [2.45, 2.75) is 31.5 Å². The third-order valence-corrected chi connectivity index (χ3v) is 5.18. The minimum Gasteiger partial charge on any atom is -0.375 e. The van der Waals surface area contributed by atoms with Crippen LogP contribution in [0.5, 0.6) is 0 Å². The number of likely N-dealkylation sites (N-methyl/N-ethyl adjacent to an activating group) is 1. The molecule has 8 heteroatoms. The molecule has 0 aliphatic carbocycles. The average Bonchev–Trinajstić information content (AvgIpc) is 3.26. The van der Waals surface area contributed by atoms with Crippen LogP contribution >= 0.6 is 24.0 Å². The highest BCUT2D eigenvalue weighted by Crippen LogP contribution is 2.21. The lowest BCUT2D eigenvalue weighted by Gasteiger charge is -2.37. The predicted molar refractivity (Wildman–Crippen MR) is 125 cm³/mol. The number of nitrogens with one attached hydrogen (secondary N) is 1. The van der Waals surface area contributed by atoms with Crippen LogP contribution in [0.25, 0.3) is 0 Å². The van der Waals surface area contributed by atoms with Crippen molar-refractivity contribution in [3.05, 3.63) is 35.9 Å². The van der Waals surface area contributed by atoms with Gasteiger partial charge in [0, 0.05) is 40.3 Å². The van der Waals surface area contributed by atoms with E-state index in [2.05, 4.69) is 27.3 Å². The predicted octanol–water partition coefficient (Wildman–Crippen LogP) is 1.76. The Morgan fingerprint density at radius 2 is 1.97 bits per heavy atom. The molecule has 2 unspecified atom stereocenters. The number of aliphatic imine (C=N–C) groups is 1. The summed E-state index contributed by atoms with van der Waals surface area (Å²) in [6.07, 6.45) is 3.27. The molecular formula is C21H33IN4O3. The number of halogens is 1. The molecule has 7 nitrogen and oxygen atoms in total. The fourth-order valence-electron chi connectivity index (χ4n) is 3.50. The van der Waals surface area contributed by atoms with Crippen molar-refractivity contribution in [2.75, 3.05) is 53.5 Å². The number of carbonyl (C=O) groups excluding carboxylic acids is 1. The van der Waals surface area contributed by atoms with E-state index >= 15 is 0 Å². The summed E-state index contributed by atoms with van der Waals surface area (Å²) < 4.78 is 11.8. The highest BCUT2D eigenvalue weighted by atomic mass is 127. The number of ether oxygens (including phenoxy) is 2. The van der Waals surface area contributed by atoms with Crippen LogP contribution in [0.1, 0.15) is 18.4 Å². The van der Waals surface area contributed by atoms with Crippen molar-refractivity contribution in [1.29, 1.82) is 0 Å². The van der Waals surface area contributed by atoms with Gasteiger partial charge in [0.15, 0.2) is 5.96 Å². The first-order valence-electron chi connectivity index (χ1n) is 10.1. The fourth-order valence-corrected chi connectivity index (χ4v) is 3.50. The third kappa shape index (κ3) is 7.42. The molecule has 2 aliphatic rings.